The highest BCUT2D eigenvalue weighted by molar-refractivity contribution is 7.06. The number of nitrogens with one attached hydrogen (secondary N) is 1. The van der Waals surface area contributed by atoms with Gasteiger partial charge in [0.15, 0.2) is 0 Å². The van der Waals surface area contributed by atoms with Gasteiger partial charge in [-0.25, -0.2) is 0 Å². The second kappa shape index (κ2) is 5.64. The Kier molecular flexibility index (Phi) is 4.18. The van der Waals surface area contributed by atoms with E-state index in [1.807, 2.05) is 6.07 Å². The zero-order valence-corrected chi connectivity index (χ0v) is 10.8. The molecule has 0 bridgehead atoms. The van der Waals surface area contributed by atoms with Gasteiger partial charge in [0, 0.05) is 17.0 Å². The fourth-order valence-electron chi connectivity index (χ4n) is 1.96. The highest BCUT2D eigenvalue weighted by Gasteiger charge is 2.17. The van der Waals surface area contributed by atoms with E-state index in [0.717, 1.165) is 18.3 Å². The van der Waals surface area contributed by atoms with Crippen molar-refractivity contribution >= 4 is 11.5 Å². The smallest absolute Gasteiger partial charge is 0.225 e. The molecule has 1 N–H and O–H groups in total. The predicted molar refractivity (Wildman–Crippen MR) is 67.0 cm³/mol. The van der Waals surface area contributed by atoms with Gasteiger partial charge in [-0.1, -0.05) is 19.3 Å². The van der Waals surface area contributed by atoms with Gasteiger partial charge in [0.05, 0.1) is 7.11 Å². The summed E-state index contributed by atoms with van der Waals surface area (Å²) in [7, 11) is 1.66. The lowest BCUT2D eigenvalue weighted by Crippen LogP contribution is -2.23. The molecule has 1 heterocycles. The van der Waals surface area contributed by atoms with Crippen LogP contribution in [-0.2, 0) is 0 Å². The monoisotopic (exact) mass is 240 g/mol. The van der Waals surface area contributed by atoms with E-state index in [-0.39, 0.29) is 0 Å². The molecule has 0 radical (unpaired) electrons. The molecule has 0 saturated heterocycles. The van der Waals surface area contributed by atoms with Crippen molar-refractivity contribution in [2.24, 2.45) is 5.92 Å². The van der Waals surface area contributed by atoms with Crippen LogP contribution in [0, 0.1) is 5.92 Å². The minimum Gasteiger partial charge on any atom is -0.480 e. The SMILES string of the molecule is COc1cc(C(C)NCCC2CCC2)sn1. The first-order valence-electron chi connectivity index (χ1n) is 6.03. The van der Waals surface area contributed by atoms with E-state index in [1.54, 1.807) is 7.11 Å². The van der Waals surface area contributed by atoms with Crippen LogP contribution in [0.15, 0.2) is 6.07 Å². The Morgan fingerprint density at radius 1 is 1.62 bits per heavy atom. The normalized spacial score (nSPS) is 18.1. The van der Waals surface area contributed by atoms with E-state index < -0.39 is 0 Å². The van der Waals surface area contributed by atoms with Crippen molar-refractivity contribution in [2.45, 2.75) is 38.6 Å². The van der Waals surface area contributed by atoms with Crippen LogP contribution < -0.4 is 10.1 Å². The number of ether oxygens (including phenoxy) is 1. The molecule has 1 saturated carbocycles. The second-order valence-electron chi connectivity index (χ2n) is 4.53. The molecule has 1 aliphatic carbocycles. The molecular formula is C12H20N2OS. The molecule has 0 spiro atoms. The highest BCUT2D eigenvalue weighted by Crippen LogP contribution is 2.29. The number of hydrogen-bond donors (Lipinski definition) is 1. The first-order valence-corrected chi connectivity index (χ1v) is 6.81. The van der Waals surface area contributed by atoms with E-state index in [0.29, 0.717) is 6.04 Å². The molecule has 4 heteroatoms. The van der Waals surface area contributed by atoms with Crippen molar-refractivity contribution in [1.29, 1.82) is 0 Å². The summed E-state index contributed by atoms with van der Waals surface area (Å²) in [6, 6.07) is 2.41. The Morgan fingerprint density at radius 2 is 2.44 bits per heavy atom. The fraction of sp³-hybridized carbons (Fsp3) is 0.750. The van der Waals surface area contributed by atoms with Crippen LogP contribution in [0.1, 0.15) is 43.5 Å². The van der Waals surface area contributed by atoms with E-state index >= 15 is 0 Å². The lowest BCUT2D eigenvalue weighted by molar-refractivity contribution is 0.289. The Morgan fingerprint density at radius 3 is 3.00 bits per heavy atom. The lowest BCUT2D eigenvalue weighted by Gasteiger charge is -2.25. The predicted octanol–water partition coefficient (Wildman–Crippen LogP) is 2.99. The Hall–Kier alpha value is -0.610. The van der Waals surface area contributed by atoms with E-state index in [4.69, 9.17) is 4.74 Å². The third-order valence-electron chi connectivity index (χ3n) is 3.37. The number of hydrogen-bond acceptors (Lipinski definition) is 4. The summed E-state index contributed by atoms with van der Waals surface area (Å²) in [6.45, 7) is 3.31. The number of nitrogens with zero attached hydrogens (tertiary/aromatic N) is 1. The van der Waals surface area contributed by atoms with Crippen LogP contribution in [0.25, 0.3) is 0 Å². The number of rotatable bonds is 6. The van der Waals surface area contributed by atoms with Crippen LogP contribution >= 0.6 is 11.5 Å². The molecule has 1 aliphatic rings. The maximum absolute atomic E-state index is 5.09. The molecule has 1 aromatic rings. The van der Waals surface area contributed by atoms with Crippen LogP contribution in [0.2, 0.25) is 0 Å². The zero-order valence-electron chi connectivity index (χ0n) is 10.0. The third kappa shape index (κ3) is 2.95. The highest BCUT2D eigenvalue weighted by atomic mass is 32.1. The van der Waals surface area contributed by atoms with Crippen molar-refractivity contribution in [3.05, 3.63) is 10.9 Å². The molecule has 3 nitrogen and oxygen atoms in total. The minimum absolute atomic E-state index is 0.390. The average Bonchev–Trinajstić information content (AvgIpc) is 2.69. The van der Waals surface area contributed by atoms with Gasteiger partial charge in [-0.05, 0) is 37.3 Å². The van der Waals surface area contributed by atoms with Crippen molar-refractivity contribution in [2.75, 3.05) is 13.7 Å². The first-order chi connectivity index (χ1) is 7.79. The molecule has 0 amide bonds. The van der Waals surface area contributed by atoms with Crippen molar-refractivity contribution < 1.29 is 4.74 Å². The summed E-state index contributed by atoms with van der Waals surface area (Å²) in [5.41, 5.74) is 0. The zero-order chi connectivity index (χ0) is 11.4. The largest absolute Gasteiger partial charge is 0.480 e. The van der Waals surface area contributed by atoms with E-state index in [9.17, 15) is 0 Å². The second-order valence-corrected chi connectivity index (χ2v) is 5.37. The van der Waals surface area contributed by atoms with Gasteiger partial charge in [0.25, 0.3) is 0 Å². The molecule has 1 aromatic heterocycles. The average molecular weight is 240 g/mol. The van der Waals surface area contributed by atoms with E-state index in [1.165, 1.54) is 42.1 Å². The third-order valence-corrected chi connectivity index (χ3v) is 4.32. The standard InChI is InChI=1S/C12H20N2OS/c1-9(11-8-12(15-2)14-16-11)13-7-6-10-4-3-5-10/h8-10,13H,3-7H2,1-2H3. The van der Waals surface area contributed by atoms with Gasteiger partial charge >= 0.3 is 0 Å². The molecule has 1 atom stereocenters. The van der Waals surface area contributed by atoms with E-state index in [2.05, 4.69) is 16.6 Å². The molecule has 1 unspecified atom stereocenters. The Labute approximate surface area is 101 Å². The van der Waals surface area contributed by atoms with Crippen LogP contribution in [-0.4, -0.2) is 18.0 Å². The summed E-state index contributed by atoms with van der Waals surface area (Å²) in [5.74, 6) is 1.71. The van der Waals surface area contributed by atoms with Crippen molar-refractivity contribution in [1.82, 2.24) is 9.69 Å². The minimum atomic E-state index is 0.390. The van der Waals surface area contributed by atoms with Crippen molar-refractivity contribution in [3.63, 3.8) is 0 Å². The summed E-state index contributed by atoms with van der Waals surface area (Å²) >= 11 is 1.52. The van der Waals surface area contributed by atoms with Crippen LogP contribution in [0.5, 0.6) is 5.88 Å². The van der Waals surface area contributed by atoms with Crippen LogP contribution in [0.4, 0.5) is 0 Å². The maximum Gasteiger partial charge on any atom is 0.225 e. The fourth-order valence-corrected chi connectivity index (χ4v) is 2.68. The number of methoxy groups -OCH3 is 1. The number of aromatic nitrogens is 1. The Balaban J connectivity index is 1.71. The van der Waals surface area contributed by atoms with Gasteiger partial charge < -0.3 is 10.1 Å². The molecule has 2 rings (SSSR count). The summed E-state index contributed by atoms with van der Waals surface area (Å²) in [6.07, 6.45) is 5.63. The lowest BCUT2D eigenvalue weighted by atomic mass is 9.83. The summed E-state index contributed by atoms with van der Waals surface area (Å²) in [5, 5.41) is 3.55. The van der Waals surface area contributed by atoms with Gasteiger partial charge in [-0.15, -0.1) is 0 Å². The molecular weight excluding hydrogens is 220 g/mol. The van der Waals surface area contributed by atoms with Gasteiger partial charge in [0.2, 0.25) is 5.88 Å². The molecule has 1 fully saturated rings. The maximum atomic E-state index is 5.09. The molecule has 16 heavy (non-hydrogen) atoms. The molecule has 0 aromatic carbocycles. The molecule has 90 valence electrons. The quantitative estimate of drug-likeness (QED) is 0.830. The first kappa shape index (κ1) is 11.9. The Bertz CT molecular complexity index is 323. The van der Waals surface area contributed by atoms with Crippen molar-refractivity contribution in [3.8, 4) is 5.88 Å². The molecule has 0 aliphatic heterocycles. The van der Waals surface area contributed by atoms with Gasteiger partial charge in [-0.2, -0.15) is 4.37 Å². The summed E-state index contributed by atoms with van der Waals surface area (Å²) < 4.78 is 9.29. The van der Waals surface area contributed by atoms with Crippen LogP contribution in [0.3, 0.4) is 0 Å². The topological polar surface area (TPSA) is 34.1 Å². The summed E-state index contributed by atoms with van der Waals surface area (Å²) in [4.78, 5) is 1.26. The van der Waals surface area contributed by atoms with Gasteiger partial charge in [0.1, 0.15) is 0 Å². The van der Waals surface area contributed by atoms with Gasteiger partial charge in [-0.3, -0.25) is 0 Å².